The van der Waals surface area contributed by atoms with E-state index in [0.29, 0.717) is 41.6 Å². The van der Waals surface area contributed by atoms with Gasteiger partial charge >= 0.3 is 11.8 Å². The van der Waals surface area contributed by atoms with Gasteiger partial charge < -0.3 is 20.9 Å². The smallest absolute Gasteiger partial charge is 0.313 e. The van der Waals surface area contributed by atoms with Crippen molar-refractivity contribution in [2.45, 2.75) is 26.7 Å². The monoisotopic (exact) mass is 444 g/mol. The molecule has 4 amide bonds. The van der Waals surface area contributed by atoms with Crippen molar-refractivity contribution >= 4 is 46.5 Å². The third kappa shape index (κ3) is 6.07. The SMILES string of the molecule is CC(=O)Nc1cccc(NC(=O)C(=O)NCC2CCN(C(=O)c3snnc3C)CC2)c1. The molecule has 3 rings (SSSR count). The van der Waals surface area contributed by atoms with E-state index < -0.39 is 11.8 Å². The van der Waals surface area contributed by atoms with Gasteiger partial charge in [-0.3, -0.25) is 19.2 Å². The molecule has 1 saturated heterocycles. The Bertz CT molecular complexity index is 984. The zero-order valence-electron chi connectivity index (χ0n) is 17.3. The van der Waals surface area contributed by atoms with Gasteiger partial charge in [-0.25, -0.2) is 0 Å². The third-order valence-corrected chi connectivity index (χ3v) is 5.76. The van der Waals surface area contributed by atoms with Crippen molar-refractivity contribution < 1.29 is 19.2 Å². The van der Waals surface area contributed by atoms with Crippen molar-refractivity contribution in [3.63, 3.8) is 0 Å². The molecule has 2 aromatic rings. The van der Waals surface area contributed by atoms with Gasteiger partial charge in [0.2, 0.25) is 5.91 Å². The highest BCUT2D eigenvalue weighted by atomic mass is 32.1. The zero-order valence-corrected chi connectivity index (χ0v) is 18.1. The molecule has 11 heteroatoms. The number of hydrogen-bond donors (Lipinski definition) is 3. The number of piperidine rings is 1. The van der Waals surface area contributed by atoms with E-state index in [1.807, 2.05) is 0 Å². The Labute approximate surface area is 183 Å². The molecule has 0 atom stereocenters. The number of hydrogen-bond acceptors (Lipinski definition) is 7. The summed E-state index contributed by atoms with van der Waals surface area (Å²) in [5.74, 6) is -1.61. The maximum absolute atomic E-state index is 12.5. The second-order valence-corrected chi connectivity index (χ2v) is 8.10. The van der Waals surface area contributed by atoms with Crippen molar-refractivity contribution in [2.75, 3.05) is 30.3 Å². The molecule has 2 heterocycles. The van der Waals surface area contributed by atoms with Crippen molar-refractivity contribution in [3.8, 4) is 0 Å². The fourth-order valence-electron chi connectivity index (χ4n) is 3.29. The maximum Gasteiger partial charge on any atom is 0.313 e. The first-order chi connectivity index (χ1) is 14.8. The van der Waals surface area contributed by atoms with Gasteiger partial charge in [0, 0.05) is 37.9 Å². The summed E-state index contributed by atoms with van der Waals surface area (Å²) in [5.41, 5.74) is 1.57. The predicted molar refractivity (Wildman–Crippen MR) is 116 cm³/mol. The largest absolute Gasteiger partial charge is 0.348 e. The first-order valence-electron chi connectivity index (χ1n) is 9.88. The topological polar surface area (TPSA) is 133 Å². The Morgan fingerprint density at radius 2 is 1.77 bits per heavy atom. The van der Waals surface area contributed by atoms with E-state index in [9.17, 15) is 19.2 Å². The Morgan fingerprint density at radius 3 is 2.39 bits per heavy atom. The van der Waals surface area contributed by atoms with Crippen LogP contribution in [0.3, 0.4) is 0 Å². The summed E-state index contributed by atoms with van der Waals surface area (Å²) in [4.78, 5) is 50.3. The van der Waals surface area contributed by atoms with Crippen LogP contribution in [0.1, 0.15) is 35.1 Å². The van der Waals surface area contributed by atoms with E-state index in [1.165, 1.54) is 6.92 Å². The number of aromatic nitrogens is 2. The van der Waals surface area contributed by atoms with Crippen LogP contribution >= 0.6 is 11.5 Å². The summed E-state index contributed by atoms with van der Waals surface area (Å²) in [6.45, 7) is 4.68. The van der Waals surface area contributed by atoms with Crippen LogP contribution in [-0.2, 0) is 14.4 Å². The molecule has 1 fully saturated rings. The van der Waals surface area contributed by atoms with Gasteiger partial charge in [0.25, 0.3) is 5.91 Å². The lowest BCUT2D eigenvalue weighted by molar-refractivity contribution is -0.136. The number of carbonyl (C=O) groups excluding carboxylic acids is 4. The van der Waals surface area contributed by atoms with Crippen LogP contribution in [-0.4, -0.2) is 57.7 Å². The van der Waals surface area contributed by atoms with Crippen LogP contribution in [0.4, 0.5) is 11.4 Å². The summed E-state index contributed by atoms with van der Waals surface area (Å²) < 4.78 is 3.81. The van der Waals surface area contributed by atoms with Gasteiger partial charge in [0.1, 0.15) is 4.88 Å². The standard InChI is InChI=1S/C20H24N6O4S/c1-12-17(31-25-24-12)20(30)26-8-6-14(7-9-26)11-21-18(28)19(29)23-16-5-3-4-15(10-16)22-13(2)27/h3-5,10,14H,6-9,11H2,1-2H3,(H,21,28)(H,22,27)(H,23,29). The summed E-state index contributed by atoms with van der Waals surface area (Å²) in [6.07, 6.45) is 1.47. The first-order valence-corrected chi connectivity index (χ1v) is 10.7. The summed E-state index contributed by atoms with van der Waals surface area (Å²) in [7, 11) is 0. The number of amides is 4. The van der Waals surface area contributed by atoms with E-state index in [1.54, 1.807) is 36.1 Å². The van der Waals surface area contributed by atoms with Crippen LogP contribution in [0.2, 0.25) is 0 Å². The summed E-state index contributed by atoms with van der Waals surface area (Å²) in [6, 6.07) is 6.54. The van der Waals surface area contributed by atoms with E-state index in [4.69, 9.17) is 0 Å². The predicted octanol–water partition coefficient (Wildman–Crippen LogP) is 1.41. The first kappa shape index (κ1) is 22.3. The summed E-state index contributed by atoms with van der Waals surface area (Å²) >= 11 is 1.10. The molecule has 0 spiro atoms. The molecule has 0 bridgehead atoms. The molecule has 3 N–H and O–H groups in total. The van der Waals surface area contributed by atoms with Gasteiger partial charge in [0.05, 0.1) is 5.69 Å². The second kappa shape index (κ2) is 10.1. The van der Waals surface area contributed by atoms with Crippen LogP contribution in [0.25, 0.3) is 0 Å². The average Bonchev–Trinajstić information content (AvgIpc) is 3.17. The molecule has 1 aliphatic heterocycles. The van der Waals surface area contributed by atoms with Crippen molar-refractivity contribution in [3.05, 3.63) is 34.8 Å². The number of nitrogens with one attached hydrogen (secondary N) is 3. The molecular weight excluding hydrogens is 420 g/mol. The number of likely N-dealkylation sites (tertiary alicyclic amines) is 1. The number of anilines is 2. The molecule has 31 heavy (non-hydrogen) atoms. The quantitative estimate of drug-likeness (QED) is 0.597. The van der Waals surface area contributed by atoms with Crippen molar-refractivity contribution in [2.24, 2.45) is 5.92 Å². The Balaban J connectivity index is 1.43. The molecule has 10 nitrogen and oxygen atoms in total. The number of carbonyl (C=O) groups is 4. The maximum atomic E-state index is 12.5. The fourth-order valence-corrected chi connectivity index (χ4v) is 3.92. The van der Waals surface area contributed by atoms with Crippen molar-refractivity contribution in [1.82, 2.24) is 19.8 Å². The van der Waals surface area contributed by atoms with Gasteiger partial charge in [-0.2, -0.15) is 0 Å². The highest BCUT2D eigenvalue weighted by Gasteiger charge is 2.26. The van der Waals surface area contributed by atoms with Gasteiger partial charge in [-0.15, -0.1) is 5.10 Å². The number of nitrogens with zero attached hydrogens (tertiary/aromatic N) is 3. The highest BCUT2D eigenvalue weighted by Crippen LogP contribution is 2.21. The van der Waals surface area contributed by atoms with Crippen LogP contribution < -0.4 is 16.0 Å². The van der Waals surface area contributed by atoms with Crippen LogP contribution in [0.5, 0.6) is 0 Å². The third-order valence-electron chi connectivity index (χ3n) is 4.95. The number of rotatable bonds is 5. The molecule has 1 aromatic heterocycles. The molecule has 0 saturated carbocycles. The van der Waals surface area contributed by atoms with Crippen LogP contribution in [0.15, 0.2) is 24.3 Å². The molecule has 0 radical (unpaired) electrons. The zero-order chi connectivity index (χ0) is 22.4. The number of aryl methyl sites for hydroxylation is 1. The number of benzene rings is 1. The molecule has 0 unspecified atom stereocenters. The normalized spacial score (nSPS) is 14.1. The minimum atomic E-state index is -0.777. The summed E-state index contributed by atoms with van der Waals surface area (Å²) in [5, 5.41) is 11.7. The van der Waals surface area contributed by atoms with Crippen molar-refractivity contribution in [1.29, 1.82) is 0 Å². The highest BCUT2D eigenvalue weighted by molar-refractivity contribution is 7.07. The van der Waals surface area contributed by atoms with E-state index >= 15 is 0 Å². The lowest BCUT2D eigenvalue weighted by atomic mass is 9.96. The average molecular weight is 445 g/mol. The van der Waals surface area contributed by atoms with E-state index in [-0.39, 0.29) is 17.7 Å². The molecule has 1 aliphatic rings. The van der Waals surface area contributed by atoms with Gasteiger partial charge in [-0.05, 0) is 55.4 Å². The van der Waals surface area contributed by atoms with Gasteiger partial charge in [0.15, 0.2) is 0 Å². The lowest BCUT2D eigenvalue weighted by Crippen LogP contribution is -2.43. The van der Waals surface area contributed by atoms with E-state index in [2.05, 4.69) is 25.5 Å². The molecule has 1 aromatic carbocycles. The lowest BCUT2D eigenvalue weighted by Gasteiger charge is -2.31. The van der Waals surface area contributed by atoms with E-state index in [0.717, 1.165) is 24.4 Å². The Morgan fingerprint density at radius 1 is 1.10 bits per heavy atom. The minimum Gasteiger partial charge on any atom is -0.348 e. The molecular formula is C20H24N6O4S. The van der Waals surface area contributed by atoms with Gasteiger partial charge in [-0.1, -0.05) is 10.6 Å². The van der Waals surface area contributed by atoms with Crippen LogP contribution in [0, 0.1) is 12.8 Å². The second-order valence-electron chi connectivity index (χ2n) is 7.35. The Kier molecular flexibility index (Phi) is 7.29. The Hall–Kier alpha value is -3.34. The molecule has 164 valence electrons. The minimum absolute atomic E-state index is 0.0594. The molecule has 0 aliphatic carbocycles. The fraction of sp³-hybridized carbons (Fsp3) is 0.400.